The molecule has 0 saturated heterocycles. The molecule has 0 aliphatic carbocycles. The van der Waals surface area contributed by atoms with Crippen LogP contribution in [0.2, 0.25) is 0 Å². The first-order chi connectivity index (χ1) is 9.20. The Hall–Kier alpha value is -2.10. The van der Waals surface area contributed by atoms with Crippen LogP contribution in [0, 0.1) is 0 Å². The molecule has 1 N–H and O–H groups in total. The highest BCUT2D eigenvalue weighted by Crippen LogP contribution is 2.24. The SMILES string of the molecule is COc1ccccc1NCc1ccc(C(F)F)cc1. The molecule has 4 heteroatoms. The Morgan fingerprint density at radius 2 is 1.74 bits per heavy atom. The molecular formula is C15H15F2NO. The minimum Gasteiger partial charge on any atom is -0.495 e. The number of benzene rings is 2. The van der Waals surface area contributed by atoms with Crippen molar-refractivity contribution < 1.29 is 13.5 Å². The average Bonchev–Trinajstić information content (AvgIpc) is 2.45. The van der Waals surface area contributed by atoms with Gasteiger partial charge in [0, 0.05) is 12.1 Å². The number of nitrogens with one attached hydrogen (secondary N) is 1. The molecule has 0 unspecified atom stereocenters. The normalized spacial score (nSPS) is 10.5. The summed E-state index contributed by atoms with van der Waals surface area (Å²) in [4.78, 5) is 0. The van der Waals surface area contributed by atoms with E-state index in [1.807, 2.05) is 24.3 Å². The zero-order valence-electron chi connectivity index (χ0n) is 10.6. The van der Waals surface area contributed by atoms with Crippen LogP contribution < -0.4 is 10.1 Å². The first-order valence-corrected chi connectivity index (χ1v) is 5.94. The van der Waals surface area contributed by atoms with Crippen molar-refractivity contribution in [3.63, 3.8) is 0 Å². The van der Waals surface area contributed by atoms with Crippen molar-refractivity contribution in [2.24, 2.45) is 0 Å². The summed E-state index contributed by atoms with van der Waals surface area (Å²) in [6.45, 7) is 0.559. The van der Waals surface area contributed by atoms with E-state index in [0.29, 0.717) is 6.54 Å². The molecule has 0 saturated carbocycles. The van der Waals surface area contributed by atoms with Gasteiger partial charge in [0.25, 0.3) is 6.43 Å². The molecule has 2 aromatic carbocycles. The van der Waals surface area contributed by atoms with Gasteiger partial charge in [-0.05, 0) is 17.7 Å². The molecule has 0 heterocycles. The van der Waals surface area contributed by atoms with E-state index in [9.17, 15) is 8.78 Å². The molecule has 0 spiro atoms. The Kier molecular flexibility index (Phi) is 4.34. The van der Waals surface area contributed by atoms with E-state index >= 15 is 0 Å². The zero-order valence-corrected chi connectivity index (χ0v) is 10.6. The fourth-order valence-electron chi connectivity index (χ4n) is 1.77. The number of rotatable bonds is 5. The number of hydrogen-bond acceptors (Lipinski definition) is 2. The molecule has 0 atom stereocenters. The number of ether oxygens (including phenoxy) is 1. The Bertz CT molecular complexity index is 526. The summed E-state index contributed by atoms with van der Waals surface area (Å²) < 4.78 is 30.1. The van der Waals surface area contributed by atoms with Crippen LogP contribution in [-0.2, 0) is 6.54 Å². The van der Waals surface area contributed by atoms with Crippen molar-refractivity contribution in [2.75, 3.05) is 12.4 Å². The molecule has 19 heavy (non-hydrogen) atoms. The lowest BCUT2D eigenvalue weighted by molar-refractivity contribution is 0.151. The fraction of sp³-hybridized carbons (Fsp3) is 0.200. The third-order valence-electron chi connectivity index (χ3n) is 2.82. The van der Waals surface area contributed by atoms with Gasteiger partial charge in [-0.15, -0.1) is 0 Å². The second-order valence-electron chi connectivity index (χ2n) is 4.10. The van der Waals surface area contributed by atoms with Crippen molar-refractivity contribution in [3.05, 3.63) is 59.7 Å². The lowest BCUT2D eigenvalue weighted by atomic mass is 10.1. The van der Waals surface area contributed by atoms with Crippen LogP contribution in [0.4, 0.5) is 14.5 Å². The van der Waals surface area contributed by atoms with Gasteiger partial charge in [-0.1, -0.05) is 36.4 Å². The Labute approximate surface area is 111 Å². The Balaban J connectivity index is 2.02. The summed E-state index contributed by atoms with van der Waals surface area (Å²) in [6, 6.07) is 13.9. The fourth-order valence-corrected chi connectivity index (χ4v) is 1.77. The van der Waals surface area contributed by atoms with Gasteiger partial charge in [0.2, 0.25) is 0 Å². The highest BCUT2D eigenvalue weighted by Gasteiger charge is 2.06. The van der Waals surface area contributed by atoms with Crippen molar-refractivity contribution in [3.8, 4) is 5.75 Å². The number of para-hydroxylation sites is 2. The van der Waals surface area contributed by atoms with Crippen LogP contribution >= 0.6 is 0 Å². The van der Waals surface area contributed by atoms with E-state index in [4.69, 9.17) is 4.74 Å². The van der Waals surface area contributed by atoms with E-state index in [1.54, 1.807) is 19.2 Å². The molecule has 0 bridgehead atoms. The smallest absolute Gasteiger partial charge is 0.263 e. The maximum absolute atomic E-state index is 12.4. The predicted octanol–water partition coefficient (Wildman–Crippen LogP) is 4.24. The first kappa shape index (κ1) is 13.3. The molecule has 0 aliphatic heterocycles. The minimum absolute atomic E-state index is 0.0426. The van der Waals surface area contributed by atoms with Crippen molar-refractivity contribution in [1.29, 1.82) is 0 Å². The quantitative estimate of drug-likeness (QED) is 0.871. The number of anilines is 1. The number of halogens is 2. The van der Waals surface area contributed by atoms with Gasteiger partial charge in [-0.3, -0.25) is 0 Å². The van der Waals surface area contributed by atoms with Gasteiger partial charge in [0.15, 0.2) is 0 Å². The summed E-state index contributed by atoms with van der Waals surface area (Å²) in [7, 11) is 1.61. The van der Waals surface area contributed by atoms with Crippen LogP contribution in [0.15, 0.2) is 48.5 Å². The Morgan fingerprint density at radius 3 is 2.37 bits per heavy atom. The Morgan fingerprint density at radius 1 is 1.05 bits per heavy atom. The third-order valence-corrected chi connectivity index (χ3v) is 2.82. The number of methoxy groups -OCH3 is 1. The largest absolute Gasteiger partial charge is 0.495 e. The minimum atomic E-state index is -2.42. The van der Waals surface area contributed by atoms with Crippen LogP contribution in [0.1, 0.15) is 17.6 Å². The summed E-state index contributed by atoms with van der Waals surface area (Å²) in [5, 5.41) is 3.22. The molecule has 2 rings (SSSR count). The molecule has 0 amide bonds. The van der Waals surface area contributed by atoms with Gasteiger partial charge in [-0.2, -0.15) is 0 Å². The average molecular weight is 263 g/mol. The molecule has 2 aromatic rings. The van der Waals surface area contributed by atoms with Crippen LogP contribution in [0.5, 0.6) is 5.75 Å². The number of hydrogen-bond donors (Lipinski definition) is 1. The summed E-state index contributed by atoms with van der Waals surface area (Å²) >= 11 is 0. The molecule has 0 fully saturated rings. The number of alkyl halides is 2. The first-order valence-electron chi connectivity index (χ1n) is 5.94. The summed E-state index contributed by atoms with van der Waals surface area (Å²) in [6.07, 6.45) is -2.42. The third kappa shape index (κ3) is 3.44. The predicted molar refractivity (Wildman–Crippen MR) is 71.7 cm³/mol. The van der Waals surface area contributed by atoms with Crippen LogP contribution in [-0.4, -0.2) is 7.11 Å². The van der Waals surface area contributed by atoms with Crippen LogP contribution in [0.25, 0.3) is 0 Å². The maximum Gasteiger partial charge on any atom is 0.263 e. The van der Waals surface area contributed by atoms with E-state index < -0.39 is 6.43 Å². The monoisotopic (exact) mass is 263 g/mol. The highest BCUT2D eigenvalue weighted by molar-refractivity contribution is 5.56. The lowest BCUT2D eigenvalue weighted by Crippen LogP contribution is -2.01. The lowest BCUT2D eigenvalue weighted by Gasteiger charge is -2.11. The molecule has 0 radical (unpaired) electrons. The van der Waals surface area contributed by atoms with Crippen LogP contribution in [0.3, 0.4) is 0 Å². The van der Waals surface area contributed by atoms with E-state index in [2.05, 4.69) is 5.32 Å². The van der Waals surface area contributed by atoms with Crippen molar-refractivity contribution in [1.82, 2.24) is 0 Å². The molecular weight excluding hydrogens is 248 g/mol. The molecule has 0 aromatic heterocycles. The van der Waals surface area contributed by atoms with Gasteiger partial charge >= 0.3 is 0 Å². The second kappa shape index (κ2) is 6.18. The van der Waals surface area contributed by atoms with E-state index in [-0.39, 0.29) is 5.56 Å². The maximum atomic E-state index is 12.4. The van der Waals surface area contributed by atoms with Gasteiger partial charge < -0.3 is 10.1 Å². The van der Waals surface area contributed by atoms with Gasteiger partial charge in [0.1, 0.15) is 5.75 Å². The van der Waals surface area contributed by atoms with Gasteiger partial charge in [0.05, 0.1) is 12.8 Å². The molecule has 0 aliphatic rings. The topological polar surface area (TPSA) is 21.3 Å². The molecule has 100 valence electrons. The highest BCUT2D eigenvalue weighted by atomic mass is 19.3. The van der Waals surface area contributed by atoms with E-state index in [0.717, 1.165) is 17.0 Å². The second-order valence-corrected chi connectivity index (χ2v) is 4.10. The van der Waals surface area contributed by atoms with Crippen molar-refractivity contribution >= 4 is 5.69 Å². The standard InChI is InChI=1S/C15H15F2NO/c1-19-14-5-3-2-4-13(14)18-10-11-6-8-12(9-7-11)15(16)17/h2-9,15,18H,10H2,1H3. The van der Waals surface area contributed by atoms with Crippen molar-refractivity contribution in [2.45, 2.75) is 13.0 Å². The summed E-state index contributed by atoms with van der Waals surface area (Å²) in [5.74, 6) is 0.756. The van der Waals surface area contributed by atoms with E-state index in [1.165, 1.54) is 12.1 Å². The van der Waals surface area contributed by atoms with Gasteiger partial charge in [-0.25, -0.2) is 8.78 Å². The summed E-state index contributed by atoms with van der Waals surface area (Å²) in [5.41, 5.74) is 1.86. The zero-order chi connectivity index (χ0) is 13.7. The molecule has 2 nitrogen and oxygen atoms in total.